The van der Waals surface area contributed by atoms with E-state index in [1.807, 2.05) is 18.3 Å². The molecule has 0 unspecified atom stereocenters. The molecule has 2 aromatic carbocycles. The van der Waals surface area contributed by atoms with Gasteiger partial charge in [-0.2, -0.15) is 13.2 Å². The van der Waals surface area contributed by atoms with Crippen molar-refractivity contribution >= 4 is 22.3 Å². The second-order valence-electron chi connectivity index (χ2n) is 7.50. The third-order valence-corrected chi connectivity index (χ3v) is 5.24. The number of carbonyl (C=O) groups is 1. The zero-order chi connectivity index (χ0) is 24.7. The van der Waals surface area contributed by atoms with Gasteiger partial charge in [-0.25, -0.2) is 4.79 Å². The van der Waals surface area contributed by atoms with E-state index in [0.717, 1.165) is 54.0 Å². The predicted molar refractivity (Wildman–Crippen MR) is 121 cm³/mol. The van der Waals surface area contributed by atoms with Gasteiger partial charge in [-0.1, -0.05) is 18.2 Å². The minimum Gasteiger partial charge on any atom is -0.493 e. The van der Waals surface area contributed by atoms with Crippen LogP contribution in [0.2, 0.25) is 0 Å². The Kier molecular flexibility index (Phi) is 8.06. The molecular weight excluding hydrogens is 451 g/mol. The summed E-state index contributed by atoms with van der Waals surface area (Å²) in [4.78, 5) is 19.9. The number of methoxy groups -OCH3 is 2. The third-order valence-electron chi connectivity index (χ3n) is 5.24. The lowest BCUT2D eigenvalue weighted by molar-refractivity contribution is -0.192. The Morgan fingerprint density at radius 3 is 2.29 bits per heavy atom. The van der Waals surface area contributed by atoms with Crippen LogP contribution in [0.1, 0.15) is 17.7 Å². The number of aliphatic carboxylic acids is 1. The molecule has 1 aliphatic rings. The first-order valence-corrected chi connectivity index (χ1v) is 10.3. The van der Waals surface area contributed by atoms with E-state index in [1.54, 1.807) is 26.6 Å². The summed E-state index contributed by atoms with van der Waals surface area (Å²) in [5.74, 6) is -1.24. The van der Waals surface area contributed by atoms with E-state index in [9.17, 15) is 13.2 Å². The van der Waals surface area contributed by atoms with Crippen molar-refractivity contribution in [2.45, 2.75) is 19.1 Å². The Hall–Kier alpha value is -3.66. The molecule has 1 aromatic heterocycles. The molecule has 1 N–H and O–H groups in total. The molecule has 1 aliphatic heterocycles. The Labute approximate surface area is 194 Å². The molecule has 0 fully saturated rings. The molecule has 0 amide bonds. The van der Waals surface area contributed by atoms with E-state index in [1.165, 1.54) is 11.1 Å². The molecule has 0 radical (unpaired) electrons. The number of halogens is 3. The summed E-state index contributed by atoms with van der Waals surface area (Å²) in [5.41, 5.74) is 3.57. The van der Waals surface area contributed by atoms with Crippen LogP contribution in [0.4, 0.5) is 13.2 Å². The summed E-state index contributed by atoms with van der Waals surface area (Å²) in [6.07, 6.45) is 3.48. The monoisotopic (exact) mass is 475 g/mol. The highest BCUT2D eigenvalue weighted by Gasteiger charge is 2.38. The number of aromatic nitrogens is 2. The van der Waals surface area contributed by atoms with Crippen molar-refractivity contribution in [2.75, 3.05) is 27.3 Å². The molecular formula is C24H24F3N3O4. The van der Waals surface area contributed by atoms with Crippen LogP contribution in [0.15, 0.2) is 55.0 Å². The van der Waals surface area contributed by atoms with Gasteiger partial charge in [0.25, 0.3) is 0 Å². The van der Waals surface area contributed by atoms with Crippen molar-refractivity contribution in [1.82, 2.24) is 14.9 Å². The third kappa shape index (κ3) is 6.44. The number of rotatable bonds is 5. The van der Waals surface area contributed by atoms with Crippen molar-refractivity contribution in [1.29, 1.82) is 0 Å². The minimum absolute atomic E-state index is 0.760. The van der Waals surface area contributed by atoms with Gasteiger partial charge in [0.15, 0.2) is 11.5 Å². The number of carboxylic acids is 1. The first-order chi connectivity index (χ1) is 16.2. The average Bonchev–Trinajstić information content (AvgIpc) is 2.84. The van der Waals surface area contributed by atoms with Crippen molar-refractivity contribution in [3.63, 3.8) is 0 Å². The molecule has 7 nitrogen and oxygen atoms in total. The van der Waals surface area contributed by atoms with Gasteiger partial charge in [0.1, 0.15) is 0 Å². The second-order valence-corrected chi connectivity index (χ2v) is 7.50. The van der Waals surface area contributed by atoms with Crippen LogP contribution in [-0.2, 0) is 11.3 Å². The van der Waals surface area contributed by atoms with Crippen molar-refractivity contribution < 1.29 is 32.5 Å². The molecule has 0 atom stereocenters. The van der Waals surface area contributed by atoms with Gasteiger partial charge in [0.05, 0.1) is 26.1 Å². The van der Waals surface area contributed by atoms with Crippen LogP contribution in [-0.4, -0.2) is 59.4 Å². The number of alkyl halides is 3. The SMILES string of the molecule is COc1cc2ccc(CN3CC=C(c4cnccn4)CC3)cc2cc1OC.O=C(O)C(F)(F)F. The average molecular weight is 475 g/mol. The molecule has 0 bridgehead atoms. The summed E-state index contributed by atoms with van der Waals surface area (Å²) in [6.45, 7) is 2.87. The first kappa shape index (κ1) is 25.0. The van der Waals surface area contributed by atoms with E-state index >= 15 is 0 Å². The van der Waals surface area contributed by atoms with Gasteiger partial charge in [0.2, 0.25) is 0 Å². The van der Waals surface area contributed by atoms with E-state index in [2.05, 4.69) is 39.1 Å². The number of hydrogen-bond donors (Lipinski definition) is 1. The van der Waals surface area contributed by atoms with Crippen LogP contribution in [0, 0.1) is 0 Å². The molecule has 0 saturated heterocycles. The maximum atomic E-state index is 10.6. The predicted octanol–water partition coefficient (Wildman–Crippen LogP) is 4.57. The highest BCUT2D eigenvalue weighted by Crippen LogP contribution is 2.33. The highest BCUT2D eigenvalue weighted by molar-refractivity contribution is 5.86. The standard InChI is InChI=1S/C22H23N3O2.C2HF3O2/c1-26-21-12-18-4-3-16(11-19(18)13-22(21)27-2)15-25-9-5-17(6-10-25)20-14-23-7-8-24-20;3-2(4,5)1(6)7/h3-5,7-8,11-14H,6,9-10,15H2,1-2H3;(H,6,7). The highest BCUT2D eigenvalue weighted by atomic mass is 19.4. The summed E-state index contributed by atoms with van der Waals surface area (Å²) in [6, 6.07) is 10.6. The Morgan fingerprint density at radius 2 is 1.76 bits per heavy atom. The van der Waals surface area contributed by atoms with E-state index in [0.29, 0.717) is 0 Å². The summed E-state index contributed by atoms with van der Waals surface area (Å²) >= 11 is 0. The minimum atomic E-state index is -5.08. The maximum absolute atomic E-state index is 10.6. The Morgan fingerprint density at radius 1 is 1.09 bits per heavy atom. The fourth-order valence-electron chi connectivity index (χ4n) is 3.53. The molecule has 0 spiro atoms. The molecule has 34 heavy (non-hydrogen) atoms. The molecule has 0 saturated carbocycles. The number of nitrogens with zero attached hydrogens (tertiary/aromatic N) is 3. The van der Waals surface area contributed by atoms with Gasteiger partial charge < -0.3 is 14.6 Å². The zero-order valence-corrected chi connectivity index (χ0v) is 18.7. The van der Waals surface area contributed by atoms with Crippen LogP contribution in [0.3, 0.4) is 0 Å². The number of ether oxygens (including phenoxy) is 2. The quantitative estimate of drug-likeness (QED) is 0.579. The molecule has 3 aromatic rings. The van der Waals surface area contributed by atoms with Crippen LogP contribution in [0.5, 0.6) is 11.5 Å². The topological polar surface area (TPSA) is 84.8 Å². The molecule has 10 heteroatoms. The van der Waals surface area contributed by atoms with Gasteiger partial charge in [-0.3, -0.25) is 14.9 Å². The lowest BCUT2D eigenvalue weighted by Gasteiger charge is -2.26. The van der Waals surface area contributed by atoms with Gasteiger partial charge in [-0.05, 0) is 46.5 Å². The Balaban J connectivity index is 0.000000406. The van der Waals surface area contributed by atoms with Crippen molar-refractivity contribution in [3.8, 4) is 11.5 Å². The summed E-state index contributed by atoms with van der Waals surface area (Å²) in [5, 5.41) is 9.44. The summed E-state index contributed by atoms with van der Waals surface area (Å²) < 4.78 is 42.6. The van der Waals surface area contributed by atoms with E-state index in [4.69, 9.17) is 19.4 Å². The van der Waals surface area contributed by atoms with E-state index in [-0.39, 0.29) is 0 Å². The largest absolute Gasteiger partial charge is 0.493 e. The molecule has 2 heterocycles. The van der Waals surface area contributed by atoms with Crippen LogP contribution in [0.25, 0.3) is 16.3 Å². The smallest absolute Gasteiger partial charge is 0.490 e. The second kappa shape index (κ2) is 11.0. The molecule has 0 aliphatic carbocycles. The normalized spacial score (nSPS) is 14.1. The first-order valence-electron chi connectivity index (χ1n) is 10.3. The number of hydrogen-bond acceptors (Lipinski definition) is 6. The zero-order valence-electron chi connectivity index (χ0n) is 18.7. The Bertz CT molecular complexity index is 1170. The van der Waals surface area contributed by atoms with Crippen LogP contribution >= 0.6 is 0 Å². The van der Waals surface area contributed by atoms with E-state index < -0.39 is 12.1 Å². The maximum Gasteiger partial charge on any atom is 0.490 e. The van der Waals surface area contributed by atoms with Gasteiger partial charge in [-0.15, -0.1) is 0 Å². The van der Waals surface area contributed by atoms with Gasteiger partial charge >= 0.3 is 12.1 Å². The number of benzene rings is 2. The lowest BCUT2D eigenvalue weighted by atomic mass is 10.0. The lowest BCUT2D eigenvalue weighted by Crippen LogP contribution is -2.28. The van der Waals surface area contributed by atoms with Crippen molar-refractivity contribution in [2.24, 2.45) is 0 Å². The van der Waals surface area contributed by atoms with Crippen LogP contribution < -0.4 is 9.47 Å². The van der Waals surface area contributed by atoms with Crippen molar-refractivity contribution in [3.05, 3.63) is 66.3 Å². The molecule has 180 valence electrons. The molecule has 4 rings (SSSR count). The van der Waals surface area contributed by atoms with Gasteiger partial charge in [0, 0.05) is 32.0 Å². The fourth-order valence-corrected chi connectivity index (χ4v) is 3.53. The summed E-state index contributed by atoms with van der Waals surface area (Å²) in [7, 11) is 3.33. The number of carboxylic acid groups (broad SMARTS) is 1. The fraction of sp³-hybridized carbons (Fsp3) is 0.292. The number of fused-ring (bicyclic) bond motifs is 1.